The zero-order valence-corrected chi connectivity index (χ0v) is 18.9. The smallest absolute Gasteiger partial charge is 0.225 e. The Balaban J connectivity index is 1.84. The Hall–Kier alpha value is -2.20. The van der Waals surface area contributed by atoms with Gasteiger partial charge in [0.15, 0.2) is 0 Å². The Morgan fingerprint density at radius 1 is 1.07 bits per heavy atom. The average molecular weight is 411 g/mol. The molecule has 0 aliphatic carbocycles. The van der Waals surface area contributed by atoms with E-state index in [1.54, 1.807) is 0 Å². The highest BCUT2D eigenvalue weighted by atomic mass is 19.1. The zero-order chi connectivity index (χ0) is 21.8. The van der Waals surface area contributed by atoms with Gasteiger partial charge in [-0.15, -0.1) is 0 Å². The monoisotopic (exact) mass is 410 g/mol. The SMILES string of the molecule is Cc1ccccc1C1CN(Cc2ccc(F)cc2)CC1CN(C(=O)C(C)C)C(C)C. The standard InChI is InChI=1S/C26H35FN2O/c1-18(2)26(30)29(19(3)4)16-22-15-28(14-21-10-12-23(27)13-11-21)17-25(22)24-9-7-6-8-20(24)5/h6-13,18-19,22,25H,14-17H2,1-5H3. The number of carbonyl (C=O) groups is 1. The summed E-state index contributed by atoms with van der Waals surface area (Å²) in [6.45, 7) is 13.8. The van der Waals surface area contributed by atoms with Gasteiger partial charge in [-0.1, -0.05) is 50.2 Å². The molecule has 0 spiro atoms. The van der Waals surface area contributed by atoms with Crippen LogP contribution in [0.1, 0.15) is 50.3 Å². The Morgan fingerprint density at radius 3 is 2.33 bits per heavy atom. The highest BCUT2D eigenvalue weighted by Crippen LogP contribution is 2.36. The second-order valence-electron chi connectivity index (χ2n) is 9.28. The van der Waals surface area contributed by atoms with Crippen molar-refractivity contribution >= 4 is 5.91 Å². The van der Waals surface area contributed by atoms with Crippen LogP contribution in [0.5, 0.6) is 0 Å². The molecule has 0 radical (unpaired) electrons. The van der Waals surface area contributed by atoms with E-state index >= 15 is 0 Å². The van der Waals surface area contributed by atoms with Crippen molar-refractivity contribution in [1.29, 1.82) is 0 Å². The highest BCUT2D eigenvalue weighted by Gasteiger charge is 2.37. The van der Waals surface area contributed by atoms with Gasteiger partial charge in [0.2, 0.25) is 5.91 Å². The van der Waals surface area contributed by atoms with Crippen LogP contribution in [0.2, 0.25) is 0 Å². The lowest BCUT2D eigenvalue weighted by atomic mass is 9.86. The van der Waals surface area contributed by atoms with Crippen molar-refractivity contribution in [3.63, 3.8) is 0 Å². The third-order valence-electron chi connectivity index (χ3n) is 6.26. The molecular weight excluding hydrogens is 375 g/mol. The van der Waals surface area contributed by atoms with Gasteiger partial charge in [0.05, 0.1) is 0 Å². The lowest BCUT2D eigenvalue weighted by Crippen LogP contribution is -2.43. The molecule has 2 atom stereocenters. The Morgan fingerprint density at radius 2 is 1.73 bits per heavy atom. The molecule has 1 aliphatic rings. The summed E-state index contributed by atoms with van der Waals surface area (Å²) in [4.78, 5) is 17.4. The summed E-state index contributed by atoms with van der Waals surface area (Å²) in [6, 6.07) is 15.6. The largest absolute Gasteiger partial charge is 0.340 e. The fourth-order valence-corrected chi connectivity index (χ4v) is 4.62. The van der Waals surface area contributed by atoms with Gasteiger partial charge in [-0.25, -0.2) is 4.39 Å². The van der Waals surface area contributed by atoms with E-state index in [1.807, 2.05) is 26.0 Å². The molecule has 0 bridgehead atoms. The third-order valence-corrected chi connectivity index (χ3v) is 6.26. The van der Waals surface area contributed by atoms with E-state index in [0.29, 0.717) is 11.8 Å². The Labute approximate surface area is 180 Å². The van der Waals surface area contributed by atoms with Crippen LogP contribution < -0.4 is 0 Å². The van der Waals surface area contributed by atoms with Gasteiger partial charge in [0.1, 0.15) is 5.82 Å². The van der Waals surface area contributed by atoms with Gasteiger partial charge < -0.3 is 4.90 Å². The Kier molecular flexibility index (Phi) is 7.30. The number of rotatable bonds is 7. The molecule has 2 aromatic rings. The van der Waals surface area contributed by atoms with Crippen molar-refractivity contribution in [2.75, 3.05) is 19.6 Å². The molecule has 0 aromatic heterocycles. The predicted octanol–water partition coefficient (Wildman–Crippen LogP) is 5.24. The number of hydrogen-bond acceptors (Lipinski definition) is 2. The number of carbonyl (C=O) groups excluding carboxylic acids is 1. The van der Waals surface area contributed by atoms with E-state index in [1.165, 1.54) is 23.3 Å². The van der Waals surface area contributed by atoms with Crippen molar-refractivity contribution < 1.29 is 9.18 Å². The van der Waals surface area contributed by atoms with Gasteiger partial charge in [-0.2, -0.15) is 0 Å². The number of benzene rings is 2. The molecule has 30 heavy (non-hydrogen) atoms. The summed E-state index contributed by atoms with van der Waals surface area (Å²) in [6.07, 6.45) is 0. The molecule has 1 amide bonds. The number of amides is 1. The minimum absolute atomic E-state index is 0.000956. The molecule has 1 heterocycles. The fraction of sp³-hybridized carbons (Fsp3) is 0.500. The summed E-state index contributed by atoms with van der Waals surface area (Å²) in [5.41, 5.74) is 3.81. The molecule has 3 rings (SSSR count). The lowest BCUT2D eigenvalue weighted by molar-refractivity contribution is -0.136. The van der Waals surface area contributed by atoms with E-state index in [2.05, 4.69) is 54.8 Å². The van der Waals surface area contributed by atoms with Crippen molar-refractivity contribution in [2.45, 2.75) is 53.1 Å². The molecule has 1 fully saturated rings. The van der Waals surface area contributed by atoms with Crippen LogP contribution in [0, 0.1) is 24.6 Å². The number of nitrogens with zero attached hydrogens (tertiary/aromatic N) is 2. The van der Waals surface area contributed by atoms with Crippen LogP contribution in [-0.4, -0.2) is 41.4 Å². The quantitative estimate of drug-likeness (QED) is 0.623. The van der Waals surface area contributed by atoms with Crippen LogP contribution >= 0.6 is 0 Å². The van der Waals surface area contributed by atoms with Gasteiger partial charge in [0, 0.05) is 44.1 Å². The van der Waals surface area contributed by atoms with Crippen LogP contribution in [0.15, 0.2) is 48.5 Å². The maximum atomic E-state index is 13.3. The number of likely N-dealkylation sites (tertiary alicyclic amines) is 1. The highest BCUT2D eigenvalue weighted by molar-refractivity contribution is 5.78. The first kappa shape index (κ1) is 22.5. The molecule has 1 saturated heterocycles. The summed E-state index contributed by atoms with van der Waals surface area (Å²) in [5.74, 6) is 0.784. The molecule has 0 saturated carbocycles. The zero-order valence-electron chi connectivity index (χ0n) is 18.9. The van der Waals surface area contributed by atoms with Crippen LogP contribution in [0.3, 0.4) is 0 Å². The minimum atomic E-state index is -0.199. The van der Waals surface area contributed by atoms with E-state index in [4.69, 9.17) is 0 Å². The van der Waals surface area contributed by atoms with Crippen molar-refractivity contribution in [2.24, 2.45) is 11.8 Å². The summed E-state index contributed by atoms with van der Waals surface area (Å²) in [7, 11) is 0. The molecule has 1 aliphatic heterocycles. The van der Waals surface area contributed by atoms with Crippen molar-refractivity contribution in [3.05, 3.63) is 71.0 Å². The molecular formula is C26H35FN2O. The summed E-state index contributed by atoms with van der Waals surface area (Å²) < 4.78 is 13.3. The predicted molar refractivity (Wildman–Crippen MR) is 121 cm³/mol. The van der Waals surface area contributed by atoms with Crippen LogP contribution in [-0.2, 0) is 11.3 Å². The molecule has 4 heteroatoms. The van der Waals surface area contributed by atoms with Gasteiger partial charge in [-0.05, 0) is 55.5 Å². The maximum absolute atomic E-state index is 13.3. The number of hydrogen-bond donors (Lipinski definition) is 0. The van der Waals surface area contributed by atoms with E-state index < -0.39 is 0 Å². The van der Waals surface area contributed by atoms with E-state index in [-0.39, 0.29) is 23.7 Å². The number of aryl methyl sites for hydroxylation is 1. The van der Waals surface area contributed by atoms with E-state index in [0.717, 1.165) is 31.7 Å². The average Bonchev–Trinajstić information content (AvgIpc) is 3.09. The summed E-state index contributed by atoms with van der Waals surface area (Å²) in [5, 5.41) is 0. The molecule has 0 N–H and O–H groups in total. The third kappa shape index (κ3) is 5.28. The maximum Gasteiger partial charge on any atom is 0.225 e. The topological polar surface area (TPSA) is 23.6 Å². The Bertz CT molecular complexity index is 846. The summed E-state index contributed by atoms with van der Waals surface area (Å²) >= 11 is 0. The molecule has 2 unspecified atom stereocenters. The van der Waals surface area contributed by atoms with Crippen LogP contribution in [0.4, 0.5) is 4.39 Å². The molecule has 3 nitrogen and oxygen atoms in total. The van der Waals surface area contributed by atoms with E-state index in [9.17, 15) is 9.18 Å². The first-order valence-corrected chi connectivity index (χ1v) is 11.1. The van der Waals surface area contributed by atoms with Gasteiger partial charge in [0.25, 0.3) is 0 Å². The van der Waals surface area contributed by atoms with Gasteiger partial charge in [-0.3, -0.25) is 9.69 Å². The van der Waals surface area contributed by atoms with Crippen molar-refractivity contribution in [1.82, 2.24) is 9.80 Å². The first-order valence-electron chi connectivity index (χ1n) is 11.1. The fourth-order valence-electron chi connectivity index (χ4n) is 4.62. The molecule has 2 aromatic carbocycles. The minimum Gasteiger partial charge on any atom is -0.340 e. The van der Waals surface area contributed by atoms with Crippen molar-refractivity contribution in [3.8, 4) is 0 Å². The second-order valence-corrected chi connectivity index (χ2v) is 9.28. The van der Waals surface area contributed by atoms with Crippen LogP contribution in [0.25, 0.3) is 0 Å². The number of halogens is 1. The van der Waals surface area contributed by atoms with Gasteiger partial charge >= 0.3 is 0 Å². The lowest BCUT2D eigenvalue weighted by Gasteiger charge is -2.33. The second kappa shape index (κ2) is 9.74. The first-order chi connectivity index (χ1) is 14.3. The molecule has 162 valence electrons. The normalized spacial score (nSPS) is 19.6.